The molecule has 8 heteroatoms. The summed E-state index contributed by atoms with van der Waals surface area (Å²) in [4.78, 5) is 11.7. The van der Waals surface area contributed by atoms with E-state index in [2.05, 4.69) is 5.10 Å². The van der Waals surface area contributed by atoms with Crippen molar-refractivity contribution in [2.24, 2.45) is 5.73 Å². The monoisotopic (exact) mass is 399 g/mol. The lowest BCUT2D eigenvalue weighted by Gasteiger charge is -2.23. The Morgan fingerprint density at radius 2 is 1.89 bits per heavy atom. The van der Waals surface area contributed by atoms with E-state index in [4.69, 9.17) is 10.5 Å². The lowest BCUT2D eigenvalue weighted by atomic mass is 10.1. The van der Waals surface area contributed by atoms with Crippen LogP contribution in [0.4, 0.5) is 0 Å². The molecule has 2 aromatic carbocycles. The Labute approximate surface area is 163 Å². The minimum absolute atomic E-state index is 0.0165. The molecule has 2 N–H and O–H groups in total. The smallest absolute Gasteiger partial charge is 0.250 e. The van der Waals surface area contributed by atoms with Crippen LogP contribution in [-0.2, 0) is 14.6 Å². The molecule has 1 fully saturated rings. The van der Waals surface area contributed by atoms with Crippen molar-refractivity contribution in [2.45, 2.75) is 35.6 Å². The number of nitrogens with two attached hydrogens (primary N) is 1. The van der Waals surface area contributed by atoms with Crippen molar-refractivity contribution in [2.75, 3.05) is 13.2 Å². The van der Waals surface area contributed by atoms with E-state index in [9.17, 15) is 13.2 Å². The Hall–Kier alpha value is -2.71. The molecule has 1 saturated heterocycles. The number of sulfone groups is 1. The fourth-order valence-electron chi connectivity index (χ4n) is 3.69. The fourth-order valence-corrected chi connectivity index (χ4v) is 5.18. The molecule has 0 spiro atoms. The summed E-state index contributed by atoms with van der Waals surface area (Å²) in [7, 11) is -3.90. The van der Waals surface area contributed by atoms with Crippen molar-refractivity contribution < 1.29 is 17.9 Å². The third kappa shape index (κ3) is 3.08. The molecule has 1 aliphatic heterocycles. The summed E-state index contributed by atoms with van der Waals surface area (Å²) in [6, 6.07) is 11.1. The normalized spacial score (nSPS) is 15.8. The zero-order chi connectivity index (χ0) is 19.9. The molecule has 0 aliphatic carbocycles. The quantitative estimate of drug-likeness (QED) is 0.726. The number of carbonyl (C=O) groups excluding carboxylic acids is 1. The van der Waals surface area contributed by atoms with Crippen LogP contribution in [0.15, 0.2) is 52.3 Å². The van der Waals surface area contributed by atoms with E-state index in [1.54, 1.807) is 24.3 Å². The Morgan fingerprint density at radius 1 is 1.18 bits per heavy atom. The molecule has 0 unspecified atom stereocenters. The van der Waals surface area contributed by atoms with Gasteiger partial charge in [0, 0.05) is 24.3 Å². The number of hydrogen-bond acceptors (Lipinski definition) is 5. The lowest BCUT2D eigenvalue weighted by Crippen LogP contribution is -2.21. The van der Waals surface area contributed by atoms with Crippen LogP contribution in [0.1, 0.15) is 34.9 Å². The molecule has 0 atom stereocenters. The topological polar surface area (TPSA) is 104 Å². The summed E-state index contributed by atoms with van der Waals surface area (Å²) < 4.78 is 33.7. The molecule has 1 aliphatic rings. The van der Waals surface area contributed by atoms with Gasteiger partial charge in [-0.1, -0.05) is 12.1 Å². The van der Waals surface area contributed by atoms with Crippen LogP contribution in [-0.4, -0.2) is 37.3 Å². The molecule has 7 nitrogen and oxygen atoms in total. The number of aryl methyl sites for hydroxylation is 1. The highest BCUT2D eigenvalue weighted by atomic mass is 32.2. The third-order valence-electron chi connectivity index (χ3n) is 5.21. The highest BCUT2D eigenvalue weighted by molar-refractivity contribution is 7.91. The van der Waals surface area contributed by atoms with Gasteiger partial charge in [-0.15, -0.1) is 0 Å². The van der Waals surface area contributed by atoms with Crippen molar-refractivity contribution in [1.29, 1.82) is 0 Å². The summed E-state index contributed by atoms with van der Waals surface area (Å²) in [6.07, 6.45) is 1.76. The van der Waals surface area contributed by atoms with E-state index >= 15 is 0 Å². The van der Waals surface area contributed by atoms with E-state index in [1.807, 2.05) is 11.6 Å². The third-order valence-corrected chi connectivity index (χ3v) is 7.02. The van der Waals surface area contributed by atoms with Gasteiger partial charge in [-0.2, -0.15) is 5.10 Å². The Bertz CT molecular complexity index is 1160. The standard InChI is InChI=1S/C20H21N3O4S/c1-13-17-12-15(28(25,26)19-5-3-2-4-16(19)20(21)24)6-7-18(17)22-23(13)14-8-10-27-11-9-14/h2-7,12,14H,8-11H2,1H3,(H2,21,24). The predicted octanol–water partition coefficient (Wildman–Crippen LogP) is 2.63. The van der Waals surface area contributed by atoms with Gasteiger partial charge in [0.05, 0.1) is 26.9 Å². The zero-order valence-electron chi connectivity index (χ0n) is 15.5. The first-order chi connectivity index (χ1) is 13.4. The number of amides is 1. The summed E-state index contributed by atoms with van der Waals surface area (Å²) in [5, 5.41) is 5.45. The van der Waals surface area contributed by atoms with Crippen LogP contribution >= 0.6 is 0 Å². The minimum Gasteiger partial charge on any atom is -0.381 e. The van der Waals surface area contributed by atoms with Crippen LogP contribution in [0.5, 0.6) is 0 Å². The number of benzene rings is 2. The maximum atomic E-state index is 13.2. The molecule has 1 aromatic heterocycles. The molecule has 146 valence electrons. The molecule has 0 radical (unpaired) electrons. The summed E-state index contributed by atoms with van der Waals surface area (Å²) in [6.45, 7) is 3.34. The van der Waals surface area contributed by atoms with Gasteiger partial charge in [0.25, 0.3) is 0 Å². The Balaban J connectivity index is 1.82. The second-order valence-corrected chi connectivity index (χ2v) is 8.83. The van der Waals surface area contributed by atoms with Crippen LogP contribution in [0.25, 0.3) is 10.9 Å². The zero-order valence-corrected chi connectivity index (χ0v) is 16.3. The highest BCUT2D eigenvalue weighted by Crippen LogP contribution is 2.30. The van der Waals surface area contributed by atoms with Gasteiger partial charge in [0.2, 0.25) is 15.7 Å². The number of nitrogens with zero attached hydrogens (tertiary/aromatic N) is 2. The Kier molecular flexibility index (Phi) is 4.68. The van der Waals surface area contributed by atoms with E-state index in [1.165, 1.54) is 18.2 Å². The highest BCUT2D eigenvalue weighted by Gasteiger charge is 2.25. The molecule has 0 bridgehead atoms. The molecule has 4 rings (SSSR count). The van der Waals surface area contributed by atoms with Crippen LogP contribution in [0.3, 0.4) is 0 Å². The second kappa shape index (κ2) is 7.03. The molecular formula is C20H21N3O4S. The molecule has 1 amide bonds. The van der Waals surface area contributed by atoms with Gasteiger partial charge in [-0.05, 0) is 50.1 Å². The predicted molar refractivity (Wildman–Crippen MR) is 104 cm³/mol. The average Bonchev–Trinajstić information content (AvgIpc) is 3.04. The van der Waals surface area contributed by atoms with Gasteiger partial charge in [-0.3, -0.25) is 9.48 Å². The van der Waals surface area contributed by atoms with E-state index in [0.29, 0.717) is 13.2 Å². The number of rotatable bonds is 4. The first-order valence-electron chi connectivity index (χ1n) is 9.10. The second-order valence-electron chi connectivity index (χ2n) is 6.92. The summed E-state index contributed by atoms with van der Waals surface area (Å²) >= 11 is 0. The summed E-state index contributed by atoms with van der Waals surface area (Å²) in [5.41, 5.74) is 7.01. The SMILES string of the molecule is Cc1c2cc(S(=O)(=O)c3ccccc3C(N)=O)ccc2nn1C1CCOCC1. The molecule has 28 heavy (non-hydrogen) atoms. The maximum Gasteiger partial charge on any atom is 0.250 e. The van der Waals surface area contributed by atoms with E-state index in [0.717, 1.165) is 29.4 Å². The largest absolute Gasteiger partial charge is 0.381 e. The van der Waals surface area contributed by atoms with Gasteiger partial charge >= 0.3 is 0 Å². The van der Waals surface area contributed by atoms with Crippen molar-refractivity contribution in [3.8, 4) is 0 Å². The number of fused-ring (bicyclic) bond motifs is 1. The number of carbonyl (C=O) groups is 1. The molecule has 3 aromatic rings. The van der Waals surface area contributed by atoms with Crippen molar-refractivity contribution >= 4 is 26.6 Å². The van der Waals surface area contributed by atoms with Gasteiger partial charge in [0.1, 0.15) is 0 Å². The number of aromatic nitrogens is 2. The molecule has 0 saturated carbocycles. The van der Waals surface area contributed by atoms with Crippen LogP contribution < -0.4 is 5.73 Å². The van der Waals surface area contributed by atoms with Gasteiger partial charge in [-0.25, -0.2) is 8.42 Å². The van der Waals surface area contributed by atoms with Crippen molar-refractivity contribution in [3.63, 3.8) is 0 Å². The average molecular weight is 399 g/mol. The van der Waals surface area contributed by atoms with Crippen LogP contribution in [0.2, 0.25) is 0 Å². The van der Waals surface area contributed by atoms with Gasteiger partial charge < -0.3 is 10.5 Å². The molecule has 2 heterocycles. The van der Waals surface area contributed by atoms with E-state index < -0.39 is 15.7 Å². The van der Waals surface area contributed by atoms with E-state index in [-0.39, 0.29) is 21.4 Å². The minimum atomic E-state index is -3.90. The lowest BCUT2D eigenvalue weighted by molar-refractivity contribution is 0.0659. The summed E-state index contributed by atoms with van der Waals surface area (Å²) in [5.74, 6) is -0.774. The first-order valence-corrected chi connectivity index (χ1v) is 10.6. The first kappa shape index (κ1) is 18.6. The number of hydrogen-bond donors (Lipinski definition) is 1. The molecular weight excluding hydrogens is 378 g/mol. The number of ether oxygens (including phenoxy) is 1. The van der Waals surface area contributed by atoms with Crippen molar-refractivity contribution in [1.82, 2.24) is 9.78 Å². The van der Waals surface area contributed by atoms with Crippen molar-refractivity contribution in [3.05, 3.63) is 53.7 Å². The number of primary amides is 1. The Morgan fingerprint density at radius 3 is 2.61 bits per heavy atom. The fraction of sp³-hybridized carbons (Fsp3) is 0.300. The maximum absolute atomic E-state index is 13.2. The van der Waals surface area contributed by atoms with Gasteiger partial charge in [0.15, 0.2) is 0 Å². The van der Waals surface area contributed by atoms with Crippen LogP contribution in [0, 0.1) is 6.92 Å².